The molecule has 0 radical (unpaired) electrons. The van der Waals surface area contributed by atoms with E-state index in [0.717, 1.165) is 5.56 Å². The van der Waals surface area contributed by atoms with Crippen LogP contribution in [0.4, 0.5) is 5.69 Å². The van der Waals surface area contributed by atoms with E-state index in [1.807, 2.05) is 12.1 Å². The van der Waals surface area contributed by atoms with E-state index in [-0.39, 0.29) is 11.6 Å². The van der Waals surface area contributed by atoms with Crippen molar-refractivity contribution in [1.82, 2.24) is 10.3 Å². The normalized spacial score (nSPS) is 10.0. The van der Waals surface area contributed by atoms with Crippen molar-refractivity contribution < 1.29 is 14.3 Å². The highest BCUT2D eigenvalue weighted by molar-refractivity contribution is 5.92. The number of nitrogens with one attached hydrogen (secondary N) is 1. The predicted molar refractivity (Wildman–Crippen MR) is 79.4 cm³/mol. The zero-order valence-electron chi connectivity index (χ0n) is 11.9. The number of ether oxygens (including phenoxy) is 2. The van der Waals surface area contributed by atoms with Gasteiger partial charge >= 0.3 is 0 Å². The first-order chi connectivity index (χ1) is 10.1. The van der Waals surface area contributed by atoms with E-state index in [4.69, 9.17) is 15.2 Å². The van der Waals surface area contributed by atoms with Gasteiger partial charge in [0.2, 0.25) is 0 Å². The summed E-state index contributed by atoms with van der Waals surface area (Å²) in [6.45, 7) is 0.322. The van der Waals surface area contributed by atoms with Crippen molar-refractivity contribution in [3.05, 3.63) is 47.8 Å². The second-order valence-corrected chi connectivity index (χ2v) is 4.33. The van der Waals surface area contributed by atoms with Crippen LogP contribution in [0.15, 0.2) is 36.5 Å². The molecule has 0 fully saturated rings. The van der Waals surface area contributed by atoms with E-state index in [2.05, 4.69) is 10.3 Å². The molecule has 0 unspecified atom stereocenters. The minimum Gasteiger partial charge on any atom is -0.497 e. The Hall–Kier alpha value is -2.76. The van der Waals surface area contributed by atoms with Crippen molar-refractivity contribution in [2.75, 3.05) is 20.0 Å². The molecule has 2 rings (SSSR count). The lowest BCUT2D eigenvalue weighted by Gasteiger charge is -2.11. The predicted octanol–water partition coefficient (Wildman–Crippen LogP) is 1.61. The van der Waals surface area contributed by atoms with Gasteiger partial charge in [0.25, 0.3) is 5.91 Å². The molecule has 0 aliphatic heterocycles. The second-order valence-electron chi connectivity index (χ2n) is 4.33. The van der Waals surface area contributed by atoms with Gasteiger partial charge in [-0.05, 0) is 24.3 Å². The van der Waals surface area contributed by atoms with Crippen LogP contribution in [0, 0.1) is 0 Å². The summed E-state index contributed by atoms with van der Waals surface area (Å²) in [6.07, 6.45) is 1.50. The molecular formula is C15H17N3O3. The highest BCUT2D eigenvalue weighted by Gasteiger charge is 2.10. The van der Waals surface area contributed by atoms with Crippen LogP contribution in [0.5, 0.6) is 11.5 Å². The third-order valence-corrected chi connectivity index (χ3v) is 2.95. The van der Waals surface area contributed by atoms with Crippen molar-refractivity contribution in [2.45, 2.75) is 6.54 Å². The molecule has 6 heteroatoms. The molecule has 110 valence electrons. The van der Waals surface area contributed by atoms with Crippen LogP contribution in [0.3, 0.4) is 0 Å². The molecule has 1 heterocycles. The monoisotopic (exact) mass is 287 g/mol. The number of nitrogens with zero attached hydrogens (tertiary/aromatic N) is 1. The summed E-state index contributed by atoms with van der Waals surface area (Å²) in [7, 11) is 3.15. The molecule has 0 spiro atoms. The number of rotatable bonds is 5. The number of nitrogen functional groups attached to an aromatic ring is 1. The van der Waals surface area contributed by atoms with Gasteiger partial charge in [-0.25, -0.2) is 0 Å². The number of pyridine rings is 1. The van der Waals surface area contributed by atoms with Gasteiger partial charge in [0.05, 0.1) is 14.2 Å². The van der Waals surface area contributed by atoms with Crippen molar-refractivity contribution in [3.8, 4) is 11.5 Å². The Balaban J connectivity index is 2.07. The van der Waals surface area contributed by atoms with E-state index in [9.17, 15) is 4.79 Å². The van der Waals surface area contributed by atoms with Gasteiger partial charge in [0.1, 0.15) is 17.2 Å². The number of amides is 1. The summed E-state index contributed by atoms with van der Waals surface area (Å²) in [5.74, 6) is 1.05. The molecule has 1 aromatic carbocycles. The Morgan fingerprint density at radius 2 is 2.05 bits per heavy atom. The highest BCUT2D eigenvalue weighted by atomic mass is 16.5. The van der Waals surface area contributed by atoms with Gasteiger partial charge in [0.15, 0.2) is 0 Å². The summed E-state index contributed by atoms with van der Waals surface area (Å²) >= 11 is 0. The fraction of sp³-hybridized carbons (Fsp3) is 0.200. The molecule has 1 aromatic heterocycles. The lowest BCUT2D eigenvalue weighted by atomic mass is 10.2. The summed E-state index contributed by atoms with van der Waals surface area (Å²) in [6, 6.07) is 8.57. The Kier molecular flexibility index (Phi) is 4.61. The van der Waals surface area contributed by atoms with E-state index >= 15 is 0 Å². The number of carbonyl (C=O) groups is 1. The van der Waals surface area contributed by atoms with Crippen LogP contribution in [0.1, 0.15) is 16.1 Å². The largest absolute Gasteiger partial charge is 0.497 e. The third kappa shape index (κ3) is 3.62. The van der Waals surface area contributed by atoms with Gasteiger partial charge in [0, 0.05) is 30.1 Å². The van der Waals surface area contributed by atoms with Gasteiger partial charge < -0.3 is 20.5 Å². The minimum absolute atomic E-state index is 0.280. The molecule has 0 aliphatic rings. The molecular weight excluding hydrogens is 270 g/mol. The summed E-state index contributed by atoms with van der Waals surface area (Å²) < 4.78 is 10.4. The van der Waals surface area contributed by atoms with Crippen molar-refractivity contribution >= 4 is 11.6 Å². The molecule has 0 saturated heterocycles. The molecule has 0 saturated carbocycles. The first kappa shape index (κ1) is 14.6. The Bertz CT molecular complexity index is 644. The van der Waals surface area contributed by atoms with Gasteiger partial charge in [-0.1, -0.05) is 0 Å². The number of aromatic nitrogens is 1. The topological polar surface area (TPSA) is 86.5 Å². The first-order valence-corrected chi connectivity index (χ1v) is 6.34. The molecule has 0 aliphatic carbocycles. The molecule has 21 heavy (non-hydrogen) atoms. The SMILES string of the molecule is COc1ccc(CNC(=O)c2cc(N)ccn2)c(OC)c1. The smallest absolute Gasteiger partial charge is 0.270 e. The fourth-order valence-corrected chi connectivity index (χ4v) is 1.84. The molecule has 3 N–H and O–H groups in total. The molecule has 2 aromatic rings. The van der Waals surface area contributed by atoms with Crippen LogP contribution < -0.4 is 20.5 Å². The number of nitrogens with two attached hydrogens (primary N) is 1. The highest BCUT2D eigenvalue weighted by Crippen LogP contribution is 2.24. The number of carbonyl (C=O) groups excluding carboxylic acids is 1. The lowest BCUT2D eigenvalue weighted by molar-refractivity contribution is 0.0946. The van der Waals surface area contributed by atoms with Gasteiger partial charge in [-0.3, -0.25) is 9.78 Å². The van der Waals surface area contributed by atoms with Gasteiger partial charge in [-0.15, -0.1) is 0 Å². The number of hydrogen-bond acceptors (Lipinski definition) is 5. The first-order valence-electron chi connectivity index (χ1n) is 6.34. The van der Waals surface area contributed by atoms with Crippen LogP contribution in [-0.4, -0.2) is 25.1 Å². The fourth-order valence-electron chi connectivity index (χ4n) is 1.84. The Morgan fingerprint density at radius 3 is 2.71 bits per heavy atom. The standard InChI is InChI=1S/C15H17N3O3/c1-20-12-4-3-10(14(8-12)21-2)9-18-15(19)13-7-11(16)5-6-17-13/h3-8H,9H2,1-2H3,(H2,16,17)(H,18,19). The Labute approximate surface area is 122 Å². The van der Waals surface area contributed by atoms with Gasteiger partial charge in [-0.2, -0.15) is 0 Å². The van der Waals surface area contributed by atoms with Crippen LogP contribution >= 0.6 is 0 Å². The van der Waals surface area contributed by atoms with E-state index < -0.39 is 0 Å². The maximum atomic E-state index is 12.0. The molecule has 0 atom stereocenters. The summed E-state index contributed by atoms with van der Waals surface area (Å²) in [5.41, 5.74) is 7.25. The average Bonchev–Trinajstić information content (AvgIpc) is 2.52. The number of methoxy groups -OCH3 is 2. The maximum absolute atomic E-state index is 12.0. The van der Waals surface area contributed by atoms with E-state index in [1.54, 1.807) is 26.4 Å². The quantitative estimate of drug-likeness (QED) is 0.872. The zero-order valence-corrected chi connectivity index (χ0v) is 11.9. The van der Waals surface area contributed by atoms with E-state index in [1.165, 1.54) is 12.3 Å². The second kappa shape index (κ2) is 6.60. The van der Waals surface area contributed by atoms with Crippen LogP contribution in [0.2, 0.25) is 0 Å². The van der Waals surface area contributed by atoms with Crippen molar-refractivity contribution in [3.63, 3.8) is 0 Å². The van der Waals surface area contributed by atoms with Crippen molar-refractivity contribution in [2.24, 2.45) is 0 Å². The maximum Gasteiger partial charge on any atom is 0.270 e. The van der Waals surface area contributed by atoms with Crippen LogP contribution in [0.25, 0.3) is 0 Å². The molecule has 1 amide bonds. The number of benzene rings is 1. The minimum atomic E-state index is -0.292. The molecule has 0 bridgehead atoms. The van der Waals surface area contributed by atoms with Crippen LogP contribution in [-0.2, 0) is 6.54 Å². The Morgan fingerprint density at radius 1 is 1.24 bits per heavy atom. The molecule has 6 nitrogen and oxygen atoms in total. The van der Waals surface area contributed by atoms with E-state index in [0.29, 0.717) is 23.7 Å². The number of anilines is 1. The third-order valence-electron chi connectivity index (χ3n) is 2.95. The zero-order chi connectivity index (χ0) is 15.2. The summed E-state index contributed by atoms with van der Waals surface area (Å²) in [4.78, 5) is 16.0. The van der Waals surface area contributed by atoms with Crippen molar-refractivity contribution in [1.29, 1.82) is 0 Å². The summed E-state index contributed by atoms with van der Waals surface area (Å²) in [5, 5.41) is 2.78. The number of hydrogen-bond donors (Lipinski definition) is 2. The lowest BCUT2D eigenvalue weighted by Crippen LogP contribution is -2.24. The average molecular weight is 287 g/mol.